The Kier molecular flexibility index (Phi) is 4.15. The van der Waals surface area contributed by atoms with Gasteiger partial charge in [0.25, 0.3) is 0 Å². The zero-order valence-electron chi connectivity index (χ0n) is 8.52. The van der Waals surface area contributed by atoms with E-state index in [4.69, 9.17) is 0 Å². The predicted molar refractivity (Wildman–Crippen MR) is 68.5 cm³/mol. The first kappa shape index (κ1) is 11.3. The van der Waals surface area contributed by atoms with Gasteiger partial charge in [0.1, 0.15) is 0 Å². The van der Waals surface area contributed by atoms with Gasteiger partial charge in [0.05, 0.1) is 0 Å². The molecule has 0 radical (unpaired) electrons. The van der Waals surface area contributed by atoms with Crippen LogP contribution in [0.4, 0.5) is 0 Å². The highest BCUT2D eigenvalue weighted by Crippen LogP contribution is 2.28. The largest absolute Gasteiger partial charge is 0.0984 e. The molecule has 0 saturated carbocycles. The smallest absolute Gasteiger partial charge is 0.0184 e. The Morgan fingerprint density at radius 2 is 2.21 bits per heavy atom. The topological polar surface area (TPSA) is 0 Å². The third-order valence-electron chi connectivity index (χ3n) is 2.19. The van der Waals surface area contributed by atoms with Crippen LogP contribution in [0.25, 0.3) is 10.6 Å². The Labute approximate surface area is 94.5 Å². The molecule has 1 rings (SSSR count). The summed E-state index contributed by atoms with van der Waals surface area (Å²) < 4.78 is 0.941. The van der Waals surface area contributed by atoms with Crippen molar-refractivity contribution in [1.29, 1.82) is 0 Å². The van der Waals surface area contributed by atoms with Gasteiger partial charge in [0.2, 0.25) is 0 Å². The summed E-state index contributed by atoms with van der Waals surface area (Å²) in [5.74, 6) is 0. The Morgan fingerprint density at radius 3 is 2.71 bits per heavy atom. The molecule has 0 nitrogen and oxygen atoms in total. The normalized spacial score (nSPS) is 9.86. The second kappa shape index (κ2) is 5.16. The molecule has 0 bridgehead atoms. The SMILES string of the molecule is C=Cc1cccc(CCC)c1C(=C)Br. The maximum Gasteiger partial charge on any atom is 0.0184 e. The van der Waals surface area contributed by atoms with E-state index < -0.39 is 0 Å². The highest BCUT2D eigenvalue weighted by atomic mass is 79.9. The number of rotatable bonds is 4. The first-order valence-electron chi connectivity index (χ1n) is 4.79. The molecule has 0 atom stereocenters. The minimum absolute atomic E-state index is 0.941. The molecule has 0 amide bonds. The van der Waals surface area contributed by atoms with Crippen LogP contribution in [-0.2, 0) is 6.42 Å². The molecule has 1 aromatic rings. The fourth-order valence-electron chi connectivity index (χ4n) is 1.60. The van der Waals surface area contributed by atoms with Crippen molar-refractivity contribution in [3.05, 3.63) is 48.0 Å². The summed E-state index contributed by atoms with van der Waals surface area (Å²) in [7, 11) is 0. The van der Waals surface area contributed by atoms with Gasteiger partial charge in [-0.1, -0.05) is 66.7 Å². The Balaban J connectivity index is 3.27. The van der Waals surface area contributed by atoms with Crippen LogP contribution in [-0.4, -0.2) is 0 Å². The van der Waals surface area contributed by atoms with E-state index in [1.807, 2.05) is 6.08 Å². The van der Waals surface area contributed by atoms with E-state index in [9.17, 15) is 0 Å². The summed E-state index contributed by atoms with van der Waals surface area (Å²) in [5, 5.41) is 0. The molecule has 0 heterocycles. The van der Waals surface area contributed by atoms with Crippen molar-refractivity contribution in [2.24, 2.45) is 0 Å². The van der Waals surface area contributed by atoms with E-state index in [1.165, 1.54) is 11.1 Å². The molecule has 14 heavy (non-hydrogen) atoms. The quantitative estimate of drug-likeness (QED) is 0.730. The molecule has 0 aromatic heterocycles. The van der Waals surface area contributed by atoms with Gasteiger partial charge in [-0.2, -0.15) is 0 Å². The van der Waals surface area contributed by atoms with Crippen molar-refractivity contribution in [2.75, 3.05) is 0 Å². The van der Waals surface area contributed by atoms with E-state index >= 15 is 0 Å². The first-order chi connectivity index (χ1) is 6.70. The molecule has 0 N–H and O–H groups in total. The molecule has 0 spiro atoms. The van der Waals surface area contributed by atoms with Gasteiger partial charge in [-0.15, -0.1) is 0 Å². The lowest BCUT2D eigenvalue weighted by Crippen LogP contribution is -1.93. The maximum atomic E-state index is 3.95. The summed E-state index contributed by atoms with van der Waals surface area (Å²) in [6.07, 6.45) is 4.11. The summed E-state index contributed by atoms with van der Waals surface area (Å²) in [6.45, 7) is 9.94. The van der Waals surface area contributed by atoms with Crippen LogP contribution in [0.5, 0.6) is 0 Å². The van der Waals surface area contributed by atoms with Crippen LogP contribution >= 0.6 is 15.9 Å². The molecule has 0 aliphatic rings. The minimum atomic E-state index is 0.941. The summed E-state index contributed by atoms with van der Waals surface area (Å²) >= 11 is 3.45. The first-order valence-corrected chi connectivity index (χ1v) is 5.59. The molecular formula is C13H15Br. The second-order valence-electron chi connectivity index (χ2n) is 3.24. The summed E-state index contributed by atoms with van der Waals surface area (Å²) in [5.41, 5.74) is 3.69. The van der Waals surface area contributed by atoms with Crippen LogP contribution in [0.15, 0.2) is 31.4 Å². The molecule has 0 aliphatic heterocycles. The molecule has 1 heteroatoms. The van der Waals surface area contributed by atoms with E-state index in [-0.39, 0.29) is 0 Å². The van der Waals surface area contributed by atoms with Crippen molar-refractivity contribution in [1.82, 2.24) is 0 Å². The molecule has 0 aliphatic carbocycles. The molecule has 0 fully saturated rings. The Bertz CT molecular complexity index is 350. The van der Waals surface area contributed by atoms with Gasteiger partial charge >= 0.3 is 0 Å². The highest BCUT2D eigenvalue weighted by Gasteiger charge is 2.06. The van der Waals surface area contributed by atoms with Gasteiger partial charge in [-0.3, -0.25) is 0 Å². The highest BCUT2D eigenvalue weighted by molar-refractivity contribution is 9.15. The van der Waals surface area contributed by atoms with Crippen molar-refractivity contribution < 1.29 is 0 Å². The standard InChI is InChI=1S/C13H15Br/c1-4-7-12-9-6-8-11(5-2)13(12)10(3)14/h5-6,8-9H,2-4,7H2,1H3. The van der Waals surface area contributed by atoms with Crippen LogP contribution < -0.4 is 0 Å². The summed E-state index contributed by atoms with van der Waals surface area (Å²) in [6, 6.07) is 6.29. The monoisotopic (exact) mass is 250 g/mol. The molecule has 0 saturated heterocycles. The molecule has 1 aromatic carbocycles. The fourth-order valence-corrected chi connectivity index (χ4v) is 2.08. The number of halogens is 1. The number of hydrogen-bond donors (Lipinski definition) is 0. The van der Waals surface area contributed by atoms with Gasteiger partial charge in [0, 0.05) is 4.48 Å². The predicted octanol–water partition coefficient (Wildman–Crippen LogP) is 4.65. The minimum Gasteiger partial charge on any atom is -0.0984 e. The Morgan fingerprint density at radius 1 is 1.50 bits per heavy atom. The van der Waals surface area contributed by atoms with Gasteiger partial charge in [-0.05, 0) is 23.1 Å². The number of aryl methyl sites for hydroxylation is 1. The van der Waals surface area contributed by atoms with Gasteiger partial charge < -0.3 is 0 Å². The van der Waals surface area contributed by atoms with Crippen LogP contribution in [0.1, 0.15) is 30.0 Å². The lowest BCUT2D eigenvalue weighted by molar-refractivity contribution is 0.919. The summed E-state index contributed by atoms with van der Waals surface area (Å²) in [4.78, 5) is 0. The van der Waals surface area contributed by atoms with Crippen LogP contribution in [0.3, 0.4) is 0 Å². The van der Waals surface area contributed by atoms with Gasteiger partial charge in [-0.25, -0.2) is 0 Å². The van der Waals surface area contributed by atoms with E-state index in [2.05, 4.69) is 54.2 Å². The zero-order valence-corrected chi connectivity index (χ0v) is 10.1. The van der Waals surface area contributed by atoms with Crippen molar-refractivity contribution in [2.45, 2.75) is 19.8 Å². The van der Waals surface area contributed by atoms with Gasteiger partial charge in [0.15, 0.2) is 0 Å². The fraction of sp³-hybridized carbons (Fsp3) is 0.231. The van der Waals surface area contributed by atoms with Crippen molar-refractivity contribution in [3.8, 4) is 0 Å². The second-order valence-corrected chi connectivity index (χ2v) is 4.20. The lowest BCUT2D eigenvalue weighted by atomic mass is 9.98. The molecule has 0 unspecified atom stereocenters. The third-order valence-corrected chi connectivity index (χ3v) is 2.59. The average Bonchev–Trinajstić information content (AvgIpc) is 2.17. The maximum absolute atomic E-state index is 3.95. The number of hydrogen-bond acceptors (Lipinski definition) is 0. The van der Waals surface area contributed by atoms with Crippen molar-refractivity contribution >= 4 is 26.5 Å². The van der Waals surface area contributed by atoms with E-state index in [0.717, 1.165) is 22.9 Å². The lowest BCUT2D eigenvalue weighted by Gasteiger charge is -2.10. The molecule has 74 valence electrons. The third kappa shape index (κ3) is 2.36. The van der Waals surface area contributed by atoms with Crippen LogP contribution in [0, 0.1) is 0 Å². The van der Waals surface area contributed by atoms with E-state index in [0.29, 0.717) is 0 Å². The Hall–Kier alpha value is -0.820. The zero-order chi connectivity index (χ0) is 10.6. The van der Waals surface area contributed by atoms with Crippen molar-refractivity contribution in [3.63, 3.8) is 0 Å². The molecular weight excluding hydrogens is 236 g/mol. The average molecular weight is 251 g/mol. The number of benzene rings is 1. The van der Waals surface area contributed by atoms with E-state index in [1.54, 1.807) is 0 Å². The van der Waals surface area contributed by atoms with Crippen LogP contribution in [0.2, 0.25) is 0 Å².